The van der Waals surface area contributed by atoms with E-state index in [1.54, 1.807) is 12.1 Å². The maximum Gasteiger partial charge on any atom is 0.335 e. The molecule has 49 heavy (non-hydrogen) atoms. The molecule has 6 aliphatic rings. The third-order valence-electron chi connectivity index (χ3n) is 15.9. The molecule has 0 radical (unpaired) electrons. The summed E-state index contributed by atoms with van der Waals surface area (Å²) in [7, 11) is -2.87. The Kier molecular flexibility index (Phi) is 8.56. The molecule has 6 nitrogen and oxygen atoms in total. The topological polar surface area (TPSA) is 86.7 Å². The standard InChI is InChI=1S/C42H60N2O4S/c1-28(2)31-14-19-42(43-22-23-44-24-26-49(47,48)27-25-44)21-20-40(6)33(36(31)42)12-13-35-39(5)17-15-32(29-8-10-30(11-9-29)37(45)46)38(3,4)34(39)16-18-41(35,40)7/h8-11,14-15,33-36,43H,1,12-13,16-27H2,2-7H3,(H,45,46)/t33-,34+,35-,36-,39+,40-,41-,42?/m1/s1. The third-order valence-corrected chi connectivity index (χ3v) is 17.5. The van der Waals surface area contributed by atoms with Crippen LogP contribution in [0.1, 0.15) is 109 Å². The van der Waals surface area contributed by atoms with E-state index in [1.807, 2.05) is 12.1 Å². The zero-order chi connectivity index (χ0) is 35.2. The van der Waals surface area contributed by atoms with Crippen molar-refractivity contribution in [3.8, 4) is 0 Å². The Hall–Kier alpha value is -2.22. The van der Waals surface area contributed by atoms with Crippen LogP contribution in [0.4, 0.5) is 0 Å². The lowest BCUT2D eigenvalue weighted by Crippen LogP contribution is -2.68. The molecule has 1 unspecified atom stereocenters. The molecule has 0 amide bonds. The smallest absolute Gasteiger partial charge is 0.335 e. The number of benzene rings is 1. The molecule has 1 saturated heterocycles. The van der Waals surface area contributed by atoms with Crippen molar-refractivity contribution >= 4 is 21.4 Å². The number of hydrogen-bond acceptors (Lipinski definition) is 5. The van der Waals surface area contributed by atoms with Crippen LogP contribution in [-0.4, -0.2) is 67.6 Å². The van der Waals surface area contributed by atoms with Crippen molar-refractivity contribution in [3.05, 3.63) is 65.3 Å². The van der Waals surface area contributed by atoms with Crippen molar-refractivity contribution in [1.82, 2.24) is 10.2 Å². The summed E-state index contributed by atoms with van der Waals surface area (Å²) < 4.78 is 24.0. The molecule has 4 fully saturated rings. The van der Waals surface area contributed by atoms with Crippen LogP contribution in [0, 0.1) is 45.3 Å². The van der Waals surface area contributed by atoms with E-state index in [2.05, 4.69) is 70.5 Å². The Bertz CT molecular complexity index is 1680. The second-order valence-corrected chi connectivity index (χ2v) is 20.6. The molecule has 8 atom stereocenters. The average molecular weight is 689 g/mol. The highest BCUT2D eigenvalue weighted by atomic mass is 32.2. The SMILES string of the molecule is C=C(C)C1=CCC2(NCCN3CCS(=O)(=O)CC3)CC[C@]3(C)[C@H](CC[C@@H]4[C@@]5(C)CC=C(c6ccc(C(=O)O)cc6)C(C)(C)[C@@H]5CC[C@]43C)[C@@H]12. The maximum atomic E-state index is 12.0. The van der Waals surface area contributed by atoms with Gasteiger partial charge < -0.3 is 15.3 Å². The minimum Gasteiger partial charge on any atom is -0.478 e. The highest BCUT2D eigenvalue weighted by molar-refractivity contribution is 7.91. The first-order valence-corrected chi connectivity index (χ1v) is 20.9. The first kappa shape index (κ1) is 35.2. The van der Waals surface area contributed by atoms with Crippen LogP contribution in [0.2, 0.25) is 0 Å². The molecular formula is C42H60N2O4S. The number of carboxylic acids is 1. The van der Waals surface area contributed by atoms with E-state index in [-0.39, 0.29) is 38.7 Å². The summed E-state index contributed by atoms with van der Waals surface area (Å²) in [5.74, 6) is 2.01. The Balaban J connectivity index is 1.15. The van der Waals surface area contributed by atoms with E-state index >= 15 is 0 Å². The van der Waals surface area contributed by atoms with Gasteiger partial charge in [-0.25, -0.2) is 13.2 Å². The van der Waals surface area contributed by atoms with Crippen LogP contribution in [0.15, 0.2) is 54.1 Å². The van der Waals surface area contributed by atoms with E-state index in [9.17, 15) is 18.3 Å². The van der Waals surface area contributed by atoms with Crippen molar-refractivity contribution < 1.29 is 18.3 Å². The minimum absolute atomic E-state index is 0.00230. The van der Waals surface area contributed by atoms with Crippen LogP contribution in [0.5, 0.6) is 0 Å². The Morgan fingerprint density at radius 2 is 1.61 bits per heavy atom. The van der Waals surface area contributed by atoms with Crippen molar-refractivity contribution in [2.45, 2.75) is 98.4 Å². The van der Waals surface area contributed by atoms with Crippen LogP contribution >= 0.6 is 0 Å². The number of allylic oxidation sites excluding steroid dienone is 3. The molecular weight excluding hydrogens is 629 g/mol. The van der Waals surface area contributed by atoms with Gasteiger partial charge in [0.25, 0.3) is 0 Å². The van der Waals surface area contributed by atoms with Gasteiger partial charge in [0.2, 0.25) is 0 Å². The summed E-state index contributed by atoms with van der Waals surface area (Å²) >= 11 is 0. The number of carbonyl (C=O) groups is 1. The molecule has 1 heterocycles. The summed E-state index contributed by atoms with van der Waals surface area (Å²) in [5.41, 5.74) is 6.39. The van der Waals surface area contributed by atoms with Gasteiger partial charge in [0, 0.05) is 37.6 Å². The quantitative estimate of drug-likeness (QED) is 0.302. The molecule has 2 N–H and O–H groups in total. The predicted octanol–water partition coefficient (Wildman–Crippen LogP) is 8.03. The van der Waals surface area contributed by atoms with E-state index in [0.29, 0.717) is 42.3 Å². The van der Waals surface area contributed by atoms with E-state index in [1.165, 1.54) is 60.8 Å². The molecule has 5 aliphatic carbocycles. The second-order valence-electron chi connectivity index (χ2n) is 18.3. The van der Waals surface area contributed by atoms with E-state index in [4.69, 9.17) is 0 Å². The molecule has 0 spiro atoms. The Morgan fingerprint density at radius 1 is 0.918 bits per heavy atom. The zero-order valence-corrected chi connectivity index (χ0v) is 31.7. The largest absolute Gasteiger partial charge is 0.478 e. The first-order valence-electron chi connectivity index (χ1n) is 19.1. The number of sulfone groups is 1. The van der Waals surface area contributed by atoms with E-state index in [0.717, 1.165) is 25.9 Å². The fraction of sp³-hybridized carbons (Fsp3) is 0.690. The molecule has 7 heteroatoms. The van der Waals surface area contributed by atoms with Crippen molar-refractivity contribution in [2.75, 3.05) is 37.7 Å². The lowest BCUT2D eigenvalue weighted by atomic mass is 9.33. The van der Waals surface area contributed by atoms with Gasteiger partial charge in [-0.15, -0.1) is 0 Å². The minimum atomic E-state index is -2.87. The fourth-order valence-electron chi connectivity index (χ4n) is 13.2. The molecule has 7 rings (SSSR count). The Morgan fingerprint density at radius 3 is 2.27 bits per heavy atom. The Labute approximate surface area is 295 Å². The van der Waals surface area contributed by atoms with Gasteiger partial charge in [0.05, 0.1) is 17.1 Å². The lowest BCUT2D eigenvalue weighted by molar-refractivity contribution is -0.214. The van der Waals surface area contributed by atoms with Crippen molar-refractivity contribution in [2.24, 2.45) is 45.3 Å². The highest BCUT2D eigenvalue weighted by Crippen LogP contribution is 2.76. The molecule has 0 bridgehead atoms. The predicted molar refractivity (Wildman–Crippen MR) is 199 cm³/mol. The van der Waals surface area contributed by atoms with Gasteiger partial charge in [-0.3, -0.25) is 0 Å². The summed E-state index contributed by atoms with van der Waals surface area (Å²) in [4.78, 5) is 13.9. The summed E-state index contributed by atoms with van der Waals surface area (Å²) in [6.45, 7) is 22.7. The monoisotopic (exact) mass is 688 g/mol. The number of hydrogen-bond donors (Lipinski definition) is 2. The number of carboxylic acid groups (broad SMARTS) is 1. The average Bonchev–Trinajstić information content (AvgIpc) is 3.42. The number of fused-ring (bicyclic) bond motifs is 7. The van der Waals surface area contributed by atoms with Crippen molar-refractivity contribution in [3.63, 3.8) is 0 Å². The molecule has 1 aromatic carbocycles. The molecule has 1 aliphatic heterocycles. The van der Waals surface area contributed by atoms with E-state index < -0.39 is 15.8 Å². The molecule has 3 saturated carbocycles. The molecule has 1 aromatic rings. The van der Waals surface area contributed by atoms with Gasteiger partial charge in [-0.1, -0.05) is 71.1 Å². The number of nitrogens with one attached hydrogen (secondary N) is 1. The normalized spacial score (nSPS) is 40.9. The zero-order valence-electron chi connectivity index (χ0n) is 30.9. The van der Waals surface area contributed by atoms with Crippen LogP contribution < -0.4 is 5.32 Å². The molecule has 0 aromatic heterocycles. The van der Waals surface area contributed by atoms with Gasteiger partial charge in [-0.05, 0) is 127 Å². The van der Waals surface area contributed by atoms with Crippen LogP contribution in [0.25, 0.3) is 5.57 Å². The number of aromatic carboxylic acids is 1. The highest BCUT2D eigenvalue weighted by Gasteiger charge is 2.69. The number of nitrogens with zero attached hydrogens (tertiary/aromatic N) is 1. The maximum absolute atomic E-state index is 12.0. The van der Waals surface area contributed by atoms with Gasteiger partial charge in [0.15, 0.2) is 9.84 Å². The summed E-state index contributed by atoms with van der Waals surface area (Å²) in [5, 5.41) is 13.6. The molecule has 268 valence electrons. The number of rotatable bonds is 7. The van der Waals surface area contributed by atoms with Crippen LogP contribution in [0.3, 0.4) is 0 Å². The van der Waals surface area contributed by atoms with Crippen molar-refractivity contribution in [1.29, 1.82) is 0 Å². The van der Waals surface area contributed by atoms with Gasteiger partial charge in [-0.2, -0.15) is 0 Å². The van der Waals surface area contributed by atoms with Gasteiger partial charge >= 0.3 is 5.97 Å². The summed E-state index contributed by atoms with van der Waals surface area (Å²) in [6.07, 6.45) is 14.6. The van der Waals surface area contributed by atoms with Crippen LogP contribution in [-0.2, 0) is 9.84 Å². The summed E-state index contributed by atoms with van der Waals surface area (Å²) in [6, 6.07) is 7.56. The lowest BCUT2D eigenvalue weighted by Gasteiger charge is -2.72. The first-order chi connectivity index (χ1) is 23.0. The third kappa shape index (κ3) is 5.37. The van der Waals surface area contributed by atoms with Gasteiger partial charge in [0.1, 0.15) is 0 Å². The fourth-order valence-corrected chi connectivity index (χ4v) is 14.5. The second kappa shape index (κ2) is 11.9.